The Kier molecular flexibility index (Phi) is 3.36. The van der Waals surface area contributed by atoms with Crippen LogP contribution in [0.3, 0.4) is 0 Å². The maximum Gasteiger partial charge on any atom is 0.180 e. The van der Waals surface area contributed by atoms with E-state index in [4.69, 9.17) is 9.40 Å². The van der Waals surface area contributed by atoms with Gasteiger partial charge >= 0.3 is 0 Å². The maximum atomic E-state index is 5.31. The summed E-state index contributed by atoms with van der Waals surface area (Å²) in [7, 11) is 0. The maximum absolute atomic E-state index is 5.31. The average Bonchev–Trinajstić information content (AvgIpc) is 3.08. The second kappa shape index (κ2) is 5.65. The van der Waals surface area contributed by atoms with E-state index in [2.05, 4.69) is 19.9 Å². The van der Waals surface area contributed by atoms with Crippen molar-refractivity contribution in [2.24, 2.45) is 0 Å². The Morgan fingerprint density at radius 1 is 1.14 bits per heavy atom. The molecule has 0 saturated heterocycles. The van der Waals surface area contributed by atoms with Gasteiger partial charge < -0.3 is 4.42 Å². The lowest BCUT2D eigenvalue weighted by Gasteiger charge is -2.27. The van der Waals surface area contributed by atoms with Crippen molar-refractivity contribution in [1.82, 2.24) is 24.8 Å². The number of nitrogens with zero attached hydrogens (tertiary/aromatic N) is 5. The molecule has 0 aromatic carbocycles. The summed E-state index contributed by atoms with van der Waals surface area (Å²) in [4.78, 5) is 19.5. The first-order chi connectivity index (χ1) is 10.9. The van der Waals surface area contributed by atoms with Gasteiger partial charge in [-0.3, -0.25) is 9.88 Å². The molecular formula is C16H15N5O. The zero-order chi connectivity index (χ0) is 14.8. The predicted octanol–water partition coefficient (Wildman–Crippen LogP) is 2.08. The number of aromatic nitrogens is 4. The van der Waals surface area contributed by atoms with Gasteiger partial charge in [-0.05, 0) is 12.1 Å². The van der Waals surface area contributed by atoms with E-state index in [1.807, 2.05) is 18.3 Å². The van der Waals surface area contributed by atoms with Crippen LogP contribution in [0.4, 0.5) is 0 Å². The minimum absolute atomic E-state index is 0.768. The van der Waals surface area contributed by atoms with Gasteiger partial charge in [0, 0.05) is 49.2 Å². The van der Waals surface area contributed by atoms with Gasteiger partial charge in [-0.2, -0.15) is 0 Å². The van der Waals surface area contributed by atoms with Gasteiger partial charge in [0.25, 0.3) is 0 Å². The van der Waals surface area contributed by atoms with Gasteiger partial charge in [-0.15, -0.1) is 0 Å². The summed E-state index contributed by atoms with van der Waals surface area (Å²) in [5.41, 5.74) is 3.32. The van der Waals surface area contributed by atoms with Crippen molar-refractivity contribution in [3.63, 3.8) is 0 Å². The molecular weight excluding hydrogens is 278 g/mol. The molecule has 3 aromatic rings. The second-order valence-electron chi connectivity index (χ2n) is 5.33. The van der Waals surface area contributed by atoms with Crippen LogP contribution < -0.4 is 0 Å². The molecule has 22 heavy (non-hydrogen) atoms. The van der Waals surface area contributed by atoms with Crippen LogP contribution >= 0.6 is 0 Å². The number of hydrogen-bond acceptors (Lipinski definition) is 6. The van der Waals surface area contributed by atoms with Crippen molar-refractivity contribution in [3.8, 4) is 11.4 Å². The van der Waals surface area contributed by atoms with Crippen LogP contribution in [-0.4, -0.2) is 31.4 Å². The van der Waals surface area contributed by atoms with Gasteiger partial charge in [-0.1, -0.05) is 0 Å². The zero-order valence-electron chi connectivity index (χ0n) is 12.0. The molecule has 0 amide bonds. The highest BCUT2D eigenvalue weighted by atomic mass is 16.3. The average molecular weight is 293 g/mol. The van der Waals surface area contributed by atoms with Crippen molar-refractivity contribution in [2.45, 2.75) is 19.5 Å². The standard InChI is InChI=1S/C16H15N5O/c1-4-17-5-2-12(1)16-19-7-13-9-21(6-3-15(13)20-16)10-14-8-18-11-22-14/h1-2,4-5,7-8,11H,3,6,9-10H2. The normalized spacial score (nSPS) is 14.7. The Balaban J connectivity index is 1.54. The third-order valence-electron chi connectivity index (χ3n) is 3.81. The number of fused-ring (bicyclic) bond motifs is 1. The minimum Gasteiger partial charge on any atom is -0.447 e. The van der Waals surface area contributed by atoms with E-state index >= 15 is 0 Å². The van der Waals surface area contributed by atoms with Gasteiger partial charge in [0.15, 0.2) is 12.2 Å². The molecule has 1 aliphatic heterocycles. The first-order valence-corrected chi connectivity index (χ1v) is 7.23. The summed E-state index contributed by atoms with van der Waals surface area (Å²) >= 11 is 0. The quantitative estimate of drug-likeness (QED) is 0.736. The topological polar surface area (TPSA) is 67.9 Å². The number of oxazole rings is 1. The lowest BCUT2D eigenvalue weighted by molar-refractivity contribution is 0.223. The fourth-order valence-electron chi connectivity index (χ4n) is 2.69. The van der Waals surface area contributed by atoms with E-state index in [9.17, 15) is 0 Å². The van der Waals surface area contributed by atoms with Gasteiger partial charge in [-0.25, -0.2) is 15.0 Å². The molecule has 0 atom stereocenters. The molecule has 0 aliphatic carbocycles. The largest absolute Gasteiger partial charge is 0.447 e. The van der Waals surface area contributed by atoms with Crippen molar-refractivity contribution in [1.29, 1.82) is 0 Å². The fraction of sp³-hybridized carbons (Fsp3) is 0.250. The summed E-state index contributed by atoms with van der Waals surface area (Å²) in [6.45, 7) is 2.57. The molecule has 0 spiro atoms. The van der Waals surface area contributed by atoms with E-state index in [0.717, 1.165) is 48.9 Å². The molecule has 4 rings (SSSR count). The molecule has 4 heterocycles. The van der Waals surface area contributed by atoms with E-state index in [1.165, 1.54) is 12.0 Å². The highest BCUT2D eigenvalue weighted by Crippen LogP contribution is 2.21. The van der Waals surface area contributed by atoms with Crippen molar-refractivity contribution < 1.29 is 4.42 Å². The molecule has 3 aromatic heterocycles. The Labute approximate surface area is 127 Å². The van der Waals surface area contributed by atoms with Gasteiger partial charge in [0.1, 0.15) is 5.76 Å². The molecule has 0 radical (unpaired) electrons. The van der Waals surface area contributed by atoms with Gasteiger partial charge in [0.2, 0.25) is 0 Å². The molecule has 0 saturated carbocycles. The molecule has 0 bridgehead atoms. The van der Waals surface area contributed by atoms with Crippen molar-refractivity contribution in [3.05, 3.63) is 60.3 Å². The summed E-state index contributed by atoms with van der Waals surface area (Å²) in [5, 5.41) is 0. The van der Waals surface area contributed by atoms with Gasteiger partial charge in [0.05, 0.1) is 18.4 Å². The summed E-state index contributed by atoms with van der Waals surface area (Å²) in [6.07, 6.45) is 9.61. The van der Waals surface area contributed by atoms with Crippen LogP contribution in [0.1, 0.15) is 17.0 Å². The highest BCUT2D eigenvalue weighted by molar-refractivity contribution is 5.54. The smallest absolute Gasteiger partial charge is 0.180 e. The van der Waals surface area contributed by atoms with Crippen LogP contribution in [0.25, 0.3) is 11.4 Å². The second-order valence-corrected chi connectivity index (χ2v) is 5.33. The Morgan fingerprint density at radius 2 is 2.05 bits per heavy atom. The van der Waals surface area contributed by atoms with Crippen LogP contribution in [0, 0.1) is 0 Å². The first kappa shape index (κ1) is 13.1. The first-order valence-electron chi connectivity index (χ1n) is 7.23. The number of pyridine rings is 1. The summed E-state index contributed by atoms with van der Waals surface area (Å²) in [5.74, 6) is 1.66. The lowest BCUT2D eigenvalue weighted by atomic mass is 10.1. The van der Waals surface area contributed by atoms with Crippen LogP contribution in [0.2, 0.25) is 0 Å². The lowest BCUT2D eigenvalue weighted by Crippen LogP contribution is -2.30. The molecule has 1 aliphatic rings. The number of hydrogen-bond donors (Lipinski definition) is 0. The fourth-order valence-corrected chi connectivity index (χ4v) is 2.69. The van der Waals surface area contributed by atoms with E-state index in [-0.39, 0.29) is 0 Å². The van der Waals surface area contributed by atoms with Crippen LogP contribution in [0.15, 0.2) is 47.7 Å². The Hall–Kier alpha value is -2.60. The SMILES string of the molecule is c1cc(-c2ncc3c(n2)CCN(Cc2cnco2)C3)ccn1. The molecule has 0 fully saturated rings. The third kappa shape index (κ3) is 2.60. The molecule has 0 unspecified atom stereocenters. The summed E-state index contributed by atoms with van der Waals surface area (Å²) < 4.78 is 5.31. The van der Waals surface area contributed by atoms with E-state index in [1.54, 1.807) is 18.6 Å². The molecule has 6 nitrogen and oxygen atoms in total. The minimum atomic E-state index is 0.768. The highest BCUT2D eigenvalue weighted by Gasteiger charge is 2.19. The summed E-state index contributed by atoms with van der Waals surface area (Å²) in [6, 6.07) is 3.86. The molecule has 6 heteroatoms. The molecule has 110 valence electrons. The van der Waals surface area contributed by atoms with Crippen molar-refractivity contribution >= 4 is 0 Å². The van der Waals surface area contributed by atoms with Crippen LogP contribution in [-0.2, 0) is 19.5 Å². The Morgan fingerprint density at radius 3 is 2.86 bits per heavy atom. The number of rotatable bonds is 3. The predicted molar refractivity (Wildman–Crippen MR) is 79.6 cm³/mol. The van der Waals surface area contributed by atoms with E-state index < -0.39 is 0 Å². The zero-order valence-corrected chi connectivity index (χ0v) is 12.0. The third-order valence-corrected chi connectivity index (χ3v) is 3.81. The Bertz CT molecular complexity index is 757. The van der Waals surface area contributed by atoms with Crippen molar-refractivity contribution in [2.75, 3.05) is 6.54 Å². The van der Waals surface area contributed by atoms with E-state index in [0.29, 0.717) is 0 Å². The monoisotopic (exact) mass is 293 g/mol. The van der Waals surface area contributed by atoms with Crippen LogP contribution in [0.5, 0.6) is 0 Å². The molecule has 0 N–H and O–H groups in total.